The zero-order valence-electron chi connectivity index (χ0n) is 16.8. The molecule has 0 aliphatic carbocycles. The van der Waals surface area contributed by atoms with Gasteiger partial charge in [-0.1, -0.05) is 11.8 Å². The lowest BCUT2D eigenvalue weighted by molar-refractivity contribution is 0.412. The third-order valence-corrected chi connectivity index (χ3v) is 8.09. The molecule has 0 atom stereocenters. The summed E-state index contributed by atoms with van der Waals surface area (Å²) in [7, 11) is 0. The Labute approximate surface area is 193 Å². The number of aryl methyl sites for hydroxylation is 2. The van der Waals surface area contributed by atoms with Crippen LogP contribution in [-0.2, 0) is 13.0 Å². The van der Waals surface area contributed by atoms with E-state index in [2.05, 4.69) is 75.3 Å². The molecule has 3 aromatic rings. The number of benzene rings is 1. The van der Waals surface area contributed by atoms with Gasteiger partial charge < -0.3 is 15.6 Å². The maximum Gasteiger partial charge on any atom is 0.175 e. The normalized spacial score (nSPS) is 13.9. The maximum atomic E-state index is 6.09. The first-order valence-electron chi connectivity index (χ1n) is 9.66. The van der Waals surface area contributed by atoms with Crippen LogP contribution in [0, 0.1) is 3.57 Å². The fourth-order valence-corrected chi connectivity index (χ4v) is 6.25. The highest BCUT2D eigenvalue weighted by Gasteiger charge is 2.20. The molecule has 0 fully saturated rings. The van der Waals surface area contributed by atoms with E-state index in [0.717, 1.165) is 36.7 Å². The number of nitrogens with one attached hydrogen (secondary N) is 1. The Hall–Kier alpha value is -1.04. The van der Waals surface area contributed by atoms with Crippen molar-refractivity contribution in [2.45, 2.75) is 60.6 Å². The first kappa shape index (κ1) is 21.2. The van der Waals surface area contributed by atoms with E-state index in [4.69, 9.17) is 10.7 Å². The molecule has 0 spiro atoms. The average Bonchev–Trinajstić information content (AvgIpc) is 3.23. The number of thioether (sulfide) groups is 1. The minimum Gasteiger partial charge on any atom is -0.382 e. The van der Waals surface area contributed by atoms with Crippen molar-refractivity contribution in [2.24, 2.45) is 0 Å². The average molecular weight is 541 g/mol. The van der Waals surface area contributed by atoms with E-state index < -0.39 is 0 Å². The molecule has 2 aromatic heterocycles. The number of rotatable bonds is 6. The number of imidazole rings is 1. The van der Waals surface area contributed by atoms with Crippen molar-refractivity contribution in [3.63, 3.8) is 0 Å². The van der Waals surface area contributed by atoms with E-state index in [0.29, 0.717) is 11.3 Å². The molecular formula is C20H25IN6S2. The summed E-state index contributed by atoms with van der Waals surface area (Å²) < 4.78 is 3.44. The quantitative estimate of drug-likeness (QED) is 0.350. The lowest BCUT2D eigenvalue weighted by Crippen LogP contribution is -2.36. The predicted molar refractivity (Wildman–Crippen MR) is 130 cm³/mol. The fourth-order valence-electron chi connectivity index (χ4n) is 3.27. The Balaban J connectivity index is 1.64. The highest BCUT2D eigenvalue weighted by atomic mass is 127. The second-order valence-electron chi connectivity index (χ2n) is 8.10. The summed E-state index contributed by atoms with van der Waals surface area (Å²) >= 11 is 6.06. The highest BCUT2D eigenvalue weighted by molar-refractivity contribution is 14.1. The lowest BCUT2D eigenvalue weighted by Gasteiger charge is -2.20. The molecule has 4 rings (SSSR count). The zero-order chi connectivity index (χ0) is 20.6. The van der Waals surface area contributed by atoms with E-state index in [9.17, 15) is 0 Å². The van der Waals surface area contributed by atoms with Crippen LogP contribution in [0.1, 0.15) is 32.8 Å². The van der Waals surface area contributed by atoms with Gasteiger partial charge in [0.05, 0.1) is 0 Å². The second-order valence-corrected chi connectivity index (χ2v) is 11.4. The van der Waals surface area contributed by atoms with Crippen LogP contribution in [0.2, 0.25) is 0 Å². The van der Waals surface area contributed by atoms with Crippen molar-refractivity contribution in [2.75, 3.05) is 18.0 Å². The number of hydrogen-bond donors (Lipinski definition) is 2. The van der Waals surface area contributed by atoms with Crippen LogP contribution in [0.3, 0.4) is 0 Å². The third-order valence-electron chi connectivity index (χ3n) is 4.68. The Morgan fingerprint density at radius 2 is 2.14 bits per heavy atom. The molecule has 1 aliphatic rings. The first-order chi connectivity index (χ1) is 13.8. The van der Waals surface area contributed by atoms with Gasteiger partial charge in [-0.15, -0.1) is 11.8 Å². The monoisotopic (exact) mass is 540 g/mol. The van der Waals surface area contributed by atoms with Crippen LogP contribution in [0.15, 0.2) is 33.4 Å². The number of fused-ring (bicyclic) bond motifs is 2. The van der Waals surface area contributed by atoms with E-state index in [1.807, 2.05) is 11.8 Å². The molecule has 0 radical (unpaired) electrons. The van der Waals surface area contributed by atoms with Crippen LogP contribution < -0.4 is 11.1 Å². The van der Waals surface area contributed by atoms with Crippen molar-refractivity contribution in [3.05, 3.63) is 27.6 Å². The number of aromatic nitrogens is 4. The first-order valence-corrected chi connectivity index (χ1v) is 12.5. The fraction of sp³-hybridized carbons (Fsp3) is 0.450. The molecule has 0 bridgehead atoms. The molecule has 29 heavy (non-hydrogen) atoms. The van der Waals surface area contributed by atoms with E-state index >= 15 is 0 Å². The van der Waals surface area contributed by atoms with Crippen LogP contribution in [0.5, 0.6) is 0 Å². The minimum absolute atomic E-state index is 0.110. The van der Waals surface area contributed by atoms with Gasteiger partial charge in [-0.25, -0.2) is 15.0 Å². The molecule has 0 saturated carbocycles. The molecule has 6 nitrogen and oxygen atoms in total. The predicted octanol–water partition coefficient (Wildman–Crippen LogP) is 4.59. The van der Waals surface area contributed by atoms with Crippen molar-refractivity contribution < 1.29 is 0 Å². The van der Waals surface area contributed by atoms with Crippen molar-refractivity contribution >= 4 is 63.1 Å². The molecule has 1 aromatic carbocycles. The van der Waals surface area contributed by atoms with Crippen molar-refractivity contribution in [3.8, 4) is 0 Å². The summed E-state index contributed by atoms with van der Waals surface area (Å²) in [6, 6.07) is 4.62. The second kappa shape index (κ2) is 8.60. The van der Waals surface area contributed by atoms with Gasteiger partial charge in [-0.2, -0.15) is 0 Å². The third kappa shape index (κ3) is 4.83. The molecule has 154 valence electrons. The summed E-state index contributed by atoms with van der Waals surface area (Å²) in [5, 5.41) is 4.47. The van der Waals surface area contributed by atoms with E-state index in [1.165, 1.54) is 31.0 Å². The summed E-state index contributed by atoms with van der Waals surface area (Å²) in [4.78, 5) is 16.0. The van der Waals surface area contributed by atoms with Crippen LogP contribution in [-0.4, -0.2) is 37.4 Å². The summed E-state index contributed by atoms with van der Waals surface area (Å²) in [5.41, 5.74) is 9.15. The molecule has 0 amide bonds. The number of nitrogens with two attached hydrogens (primary N) is 1. The Bertz CT molecular complexity index is 1040. The highest BCUT2D eigenvalue weighted by Crippen LogP contribution is 2.40. The van der Waals surface area contributed by atoms with Gasteiger partial charge in [-0.05, 0) is 80.4 Å². The van der Waals surface area contributed by atoms with Crippen molar-refractivity contribution in [1.82, 2.24) is 24.8 Å². The van der Waals surface area contributed by atoms with Gasteiger partial charge in [0, 0.05) is 31.2 Å². The Morgan fingerprint density at radius 3 is 2.93 bits per heavy atom. The minimum atomic E-state index is 0.110. The number of nitrogens with zero attached hydrogens (tertiary/aromatic N) is 4. The molecule has 0 unspecified atom stereocenters. The number of hydrogen-bond acceptors (Lipinski definition) is 7. The summed E-state index contributed by atoms with van der Waals surface area (Å²) in [6.07, 6.45) is 3.66. The Kier molecular flexibility index (Phi) is 6.29. The van der Waals surface area contributed by atoms with Crippen LogP contribution >= 0.6 is 46.1 Å². The van der Waals surface area contributed by atoms with Gasteiger partial charge in [0.25, 0.3) is 0 Å². The standard InChI is InChI=1S/C20H25IN6S2/c1-20(2,3)25-6-4-7-27-18-16(17(22)23-11-24-18)26-19(27)29-15-10-14-12(5-8-28-14)9-13(15)21/h9-11,25H,4-8H2,1-3H3,(H2,22,23,24). The zero-order valence-corrected chi connectivity index (χ0v) is 20.6. The van der Waals surface area contributed by atoms with Gasteiger partial charge >= 0.3 is 0 Å². The number of nitrogen functional groups attached to an aromatic ring is 1. The molecule has 9 heteroatoms. The number of anilines is 1. The van der Waals surface area contributed by atoms with Gasteiger partial charge in [-0.3, -0.25) is 0 Å². The molecule has 3 heterocycles. The van der Waals surface area contributed by atoms with E-state index in [1.54, 1.807) is 11.8 Å². The molecule has 1 aliphatic heterocycles. The summed E-state index contributed by atoms with van der Waals surface area (Å²) in [5.74, 6) is 1.60. The topological polar surface area (TPSA) is 81.7 Å². The Morgan fingerprint density at radius 1 is 1.31 bits per heavy atom. The largest absolute Gasteiger partial charge is 0.382 e. The lowest BCUT2D eigenvalue weighted by atomic mass is 10.1. The molecule has 3 N–H and O–H groups in total. The van der Waals surface area contributed by atoms with Gasteiger partial charge in [0.1, 0.15) is 6.33 Å². The summed E-state index contributed by atoms with van der Waals surface area (Å²) in [6.45, 7) is 8.31. The van der Waals surface area contributed by atoms with Gasteiger partial charge in [0.2, 0.25) is 0 Å². The molecule has 0 saturated heterocycles. The van der Waals surface area contributed by atoms with Crippen LogP contribution in [0.25, 0.3) is 11.2 Å². The van der Waals surface area contributed by atoms with E-state index in [-0.39, 0.29) is 5.54 Å². The maximum absolute atomic E-state index is 6.09. The van der Waals surface area contributed by atoms with Crippen molar-refractivity contribution in [1.29, 1.82) is 0 Å². The van der Waals surface area contributed by atoms with Crippen LogP contribution in [0.4, 0.5) is 5.82 Å². The smallest absolute Gasteiger partial charge is 0.175 e. The SMILES string of the molecule is CC(C)(C)NCCCn1c(Sc2cc3c(cc2I)CCS3)nc2c(N)ncnc21. The molecular weight excluding hydrogens is 515 g/mol. The van der Waals surface area contributed by atoms with Gasteiger partial charge in [0.15, 0.2) is 22.1 Å². The number of halogens is 1.